The zero-order valence-electron chi connectivity index (χ0n) is 13.3. The van der Waals surface area contributed by atoms with Gasteiger partial charge in [-0.3, -0.25) is 9.59 Å². The number of carbonyl (C=O) groups excluding carboxylic acids is 2. The highest BCUT2D eigenvalue weighted by Gasteiger charge is 2.36. The van der Waals surface area contributed by atoms with Crippen molar-refractivity contribution >= 4 is 29.5 Å². The van der Waals surface area contributed by atoms with Crippen LogP contribution >= 0.6 is 11.8 Å². The summed E-state index contributed by atoms with van der Waals surface area (Å²) in [5.41, 5.74) is 1.04. The standard InChI is InChI=1S/C15H21N5O2S/c1-9-5-11(19-15(16-2)18-9)14(22)20-8-23-7-12(20)13(21)17-6-10-3-4-10/h5,10,12H,3-4,6-8H2,1-2H3,(H,17,21)(H,16,18,19). The summed E-state index contributed by atoms with van der Waals surface area (Å²) in [5, 5.41) is 5.82. The minimum Gasteiger partial charge on any atom is -0.357 e. The molecule has 1 aromatic heterocycles. The quantitative estimate of drug-likeness (QED) is 0.830. The Balaban J connectivity index is 1.72. The van der Waals surface area contributed by atoms with E-state index in [4.69, 9.17) is 0 Å². The molecule has 2 fully saturated rings. The zero-order valence-corrected chi connectivity index (χ0v) is 14.2. The molecule has 3 rings (SSSR count). The van der Waals surface area contributed by atoms with Gasteiger partial charge in [-0.15, -0.1) is 11.8 Å². The number of aromatic nitrogens is 2. The summed E-state index contributed by atoms with van der Waals surface area (Å²) >= 11 is 1.59. The Labute approximate surface area is 139 Å². The lowest BCUT2D eigenvalue weighted by atomic mass is 10.2. The predicted molar refractivity (Wildman–Crippen MR) is 89.3 cm³/mol. The van der Waals surface area contributed by atoms with Crippen molar-refractivity contribution in [1.82, 2.24) is 20.2 Å². The fraction of sp³-hybridized carbons (Fsp3) is 0.600. The molecular weight excluding hydrogens is 314 g/mol. The van der Waals surface area contributed by atoms with Crippen molar-refractivity contribution in [2.24, 2.45) is 5.92 Å². The third kappa shape index (κ3) is 3.74. The number of hydrogen-bond acceptors (Lipinski definition) is 6. The van der Waals surface area contributed by atoms with Crippen molar-refractivity contribution in [3.8, 4) is 0 Å². The lowest BCUT2D eigenvalue weighted by Crippen LogP contribution is -2.47. The number of anilines is 1. The third-order valence-electron chi connectivity index (χ3n) is 4.00. The van der Waals surface area contributed by atoms with Gasteiger partial charge in [0.1, 0.15) is 11.7 Å². The van der Waals surface area contributed by atoms with Crippen LogP contribution < -0.4 is 10.6 Å². The number of nitrogens with one attached hydrogen (secondary N) is 2. The van der Waals surface area contributed by atoms with Crippen LogP contribution in [0.5, 0.6) is 0 Å². The highest BCUT2D eigenvalue weighted by Crippen LogP contribution is 2.28. The van der Waals surface area contributed by atoms with Crippen LogP contribution in [0.3, 0.4) is 0 Å². The van der Waals surface area contributed by atoms with Crippen LogP contribution in [0.1, 0.15) is 29.0 Å². The monoisotopic (exact) mass is 335 g/mol. The summed E-state index contributed by atoms with van der Waals surface area (Å²) < 4.78 is 0. The first-order valence-corrected chi connectivity index (χ1v) is 8.94. The molecule has 2 amide bonds. The second-order valence-electron chi connectivity index (χ2n) is 5.95. The largest absolute Gasteiger partial charge is 0.357 e. The normalized spacial score (nSPS) is 20.4. The van der Waals surface area contributed by atoms with E-state index >= 15 is 0 Å². The highest BCUT2D eigenvalue weighted by atomic mass is 32.2. The average molecular weight is 335 g/mol. The maximum Gasteiger partial charge on any atom is 0.274 e. The molecule has 1 unspecified atom stereocenters. The molecule has 1 aromatic rings. The topological polar surface area (TPSA) is 87.2 Å². The summed E-state index contributed by atoms with van der Waals surface area (Å²) in [6.07, 6.45) is 2.38. The van der Waals surface area contributed by atoms with Gasteiger partial charge in [0, 0.05) is 25.0 Å². The molecule has 124 valence electrons. The molecule has 1 atom stereocenters. The van der Waals surface area contributed by atoms with Gasteiger partial charge >= 0.3 is 0 Å². The first kappa shape index (κ1) is 16.0. The van der Waals surface area contributed by atoms with E-state index in [1.165, 1.54) is 12.8 Å². The number of nitrogens with zero attached hydrogens (tertiary/aromatic N) is 3. The van der Waals surface area contributed by atoms with Crippen LogP contribution in [-0.2, 0) is 4.79 Å². The molecule has 2 aliphatic rings. The Bertz CT molecular complexity index is 620. The molecule has 0 spiro atoms. The fourth-order valence-corrected chi connectivity index (χ4v) is 3.64. The maximum absolute atomic E-state index is 12.7. The van der Waals surface area contributed by atoms with Crippen LogP contribution in [0.25, 0.3) is 0 Å². The summed E-state index contributed by atoms with van der Waals surface area (Å²) in [6, 6.07) is 1.24. The highest BCUT2D eigenvalue weighted by molar-refractivity contribution is 7.99. The summed E-state index contributed by atoms with van der Waals surface area (Å²) in [5.74, 6) is 1.90. The first-order chi connectivity index (χ1) is 11.1. The van der Waals surface area contributed by atoms with Crippen molar-refractivity contribution < 1.29 is 9.59 Å². The van der Waals surface area contributed by atoms with Crippen LogP contribution in [0.15, 0.2) is 6.07 Å². The molecule has 1 saturated heterocycles. The Kier molecular flexibility index (Phi) is 4.70. The van der Waals surface area contributed by atoms with Crippen LogP contribution in [0.4, 0.5) is 5.95 Å². The maximum atomic E-state index is 12.7. The number of amides is 2. The number of aryl methyl sites for hydroxylation is 1. The number of thioether (sulfide) groups is 1. The number of rotatable bonds is 5. The van der Waals surface area contributed by atoms with Crippen molar-refractivity contribution in [3.05, 3.63) is 17.5 Å². The Morgan fingerprint density at radius 1 is 1.39 bits per heavy atom. The molecule has 0 radical (unpaired) electrons. The molecule has 7 nitrogen and oxygen atoms in total. The van der Waals surface area contributed by atoms with Crippen molar-refractivity contribution in [2.45, 2.75) is 25.8 Å². The molecule has 0 bridgehead atoms. The zero-order chi connectivity index (χ0) is 16.4. The minimum absolute atomic E-state index is 0.0603. The molecular formula is C15H21N5O2S. The van der Waals surface area contributed by atoms with E-state index in [1.807, 2.05) is 6.92 Å². The molecule has 2 heterocycles. The Hall–Kier alpha value is -1.83. The molecule has 8 heteroatoms. The molecule has 23 heavy (non-hydrogen) atoms. The van der Waals surface area contributed by atoms with Crippen LogP contribution in [0.2, 0.25) is 0 Å². The molecule has 0 aromatic carbocycles. The van der Waals surface area contributed by atoms with Gasteiger partial charge in [-0.25, -0.2) is 9.97 Å². The average Bonchev–Trinajstić information content (AvgIpc) is 3.25. The van der Waals surface area contributed by atoms with Crippen LogP contribution in [0, 0.1) is 12.8 Å². The van der Waals surface area contributed by atoms with Gasteiger partial charge in [0.25, 0.3) is 5.91 Å². The van der Waals surface area contributed by atoms with E-state index in [9.17, 15) is 9.59 Å². The van der Waals surface area contributed by atoms with E-state index in [1.54, 1.807) is 29.8 Å². The van der Waals surface area contributed by atoms with Gasteiger partial charge in [-0.1, -0.05) is 0 Å². The van der Waals surface area contributed by atoms with Gasteiger partial charge in [-0.05, 0) is 31.7 Å². The van der Waals surface area contributed by atoms with Gasteiger partial charge in [-0.2, -0.15) is 0 Å². The van der Waals surface area contributed by atoms with E-state index in [0.29, 0.717) is 34.9 Å². The van der Waals surface area contributed by atoms with E-state index in [-0.39, 0.29) is 11.8 Å². The summed E-state index contributed by atoms with van der Waals surface area (Å²) in [4.78, 5) is 35.1. The fourth-order valence-electron chi connectivity index (χ4n) is 2.48. The second kappa shape index (κ2) is 6.74. The van der Waals surface area contributed by atoms with E-state index in [2.05, 4.69) is 20.6 Å². The Morgan fingerprint density at radius 3 is 2.87 bits per heavy atom. The first-order valence-electron chi connectivity index (χ1n) is 7.78. The Morgan fingerprint density at radius 2 is 2.17 bits per heavy atom. The van der Waals surface area contributed by atoms with Crippen molar-refractivity contribution in [2.75, 3.05) is 30.5 Å². The summed E-state index contributed by atoms with van der Waals surface area (Å²) in [7, 11) is 1.71. The second-order valence-corrected chi connectivity index (χ2v) is 6.95. The SMILES string of the molecule is CNc1nc(C)cc(C(=O)N2CSCC2C(=O)NCC2CC2)n1. The molecule has 1 saturated carbocycles. The van der Waals surface area contributed by atoms with E-state index < -0.39 is 6.04 Å². The summed E-state index contributed by atoms with van der Waals surface area (Å²) in [6.45, 7) is 2.54. The van der Waals surface area contributed by atoms with Crippen LogP contribution in [-0.4, -0.2) is 57.9 Å². The number of hydrogen-bond donors (Lipinski definition) is 2. The lowest BCUT2D eigenvalue weighted by molar-refractivity contribution is -0.124. The van der Waals surface area contributed by atoms with Crippen molar-refractivity contribution in [1.29, 1.82) is 0 Å². The smallest absolute Gasteiger partial charge is 0.274 e. The molecule has 1 aliphatic heterocycles. The number of carbonyl (C=O) groups is 2. The van der Waals surface area contributed by atoms with Gasteiger partial charge < -0.3 is 15.5 Å². The van der Waals surface area contributed by atoms with E-state index in [0.717, 1.165) is 6.54 Å². The van der Waals surface area contributed by atoms with Gasteiger partial charge in [0.15, 0.2) is 0 Å². The predicted octanol–water partition coefficient (Wildman–Crippen LogP) is 0.868. The van der Waals surface area contributed by atoms with Crippen molar-refractivity contribution in [3.63, 3.8) is 0 Å². The minimum atomic E-state index is -0.417. The van der Waals surface area contributed by atoms with Gasteiger partial charge in [0.05, 0.1) is 5.88 Å². The molecule has 2 N–H and O–H groups in total. The third-order valence-corrected chi connectivity index (χ3v) is 5.02. The molecule has 1 aliphatic carbocycles. The van der Waals surface area contributed by atoms with Gasteiger partial charge in [0.2, 0.25) is 11.9 Å². The lowest BCUT2D eigenvalue weighted by Gasteiger charge is -2.23.